The van der Waals surface area contributed by atoms with E-state index in [1.807, 2.05) is 0 Å². The summed E-state index contributed by atoms with van der Waals surface area (Å²) in [5.41, 5.74) is 0. The highest BCUT2D eigenvalue weighted by molar-refractivity contribution is 4.93. The molecule has 0 saturated heterocycles. The van der Waals surface area contributed by atoms with E-state index in [2.05, 4.69) is 32.9 Å². The summed E-state index contributed by atoms with van der Waals surface area (Å²) in [5.74, 6) is 0.766. The lowest BCUT2D eigenvalue weighted by Crippen LogP contribution is -2.29. The van der Waals surface area contributed by atoms with Gasteiger partial charge in [-0.3, -0.25) is 0 Å². The molecule has 5 nitrogen and oxygen atoms in total. The van der Waals surface area contributed by atoms with Gasteiger partial charge in [-0.2, -0.15) is 4.80 Å². The Balaban J connectivity index is 1.79. The second-order valence-corrected chi connectivity index (χ2v) is 3.56. The minimum Gasteiger partial charge on any atom is -0.307 e. The monoisotopic (exact) mass is 193 g/mol. The summed E-state index contributed by atoms with van der Waals surface area (Å²) in [6.45, 7) is 0.715. The average Bonchev–Trinajstić information content (AvgIpc) is 2.63. The molecule has 1 atom stereocenters. The Morgan fingerprint density at radius 3 is 3.14 bits per heavy atom. The fourth-order valence-corrected chi connectivity index (χ4v) is 1.61. The number of aromatic nitrogens is 4. The van der Waals surface area contributed by atoms with Crippen LogP contribution in [-0.4, -0.2) is 26.2 Å². The van der Waals surface area contributed by atoms with Crippen LogP contribution in [0.25, 0.3) is 0 Å². The van der Waals surface area contributed by atoms with E-state index in [9.17, 15) is 0 Å². The van der Waals surface area contributed by atoms with Crippen molar-refractivity contribution in [2.24, 2.45) is 7.05 Å². The molecule has 0 bridgehead atoms. The fraction of sp³-hybridized carbons (Fsp3) is 0.667. The average molecular weight is 193 g/mol. The van der Waals surface area contributed by atoms with Crippen LogP contribution >= 0.6 is 0 Å². The molecule has 0 aromatic carbocycles. The first kappa shape index (κ1) is 9.33. The molecular weight excluding hydrogens is 178 g/mol. The maximum Gasteiger partial charge on any atom is 0.188 e. The van der Waals surface area contributed by atoms with Gasteiger partial charge < -0.3 is 5.32 Å². The number of allylic oxidation sites excluding steroid dienone is 1. The van der Waals surface area contributed by atoms with Gasteiger partial charge in [-0.15, -0.1) is 10.2 Å². The van der Waals surface area contributed by atoms with Gasteiger partial charge in [0.2, 0.25) is 0 Å². The number of tetrazole rings is 1. The van der Waals surface area contributed by atoms with Crippen molar-refractivity contribution >= 4 is 0 Å². The Kier molecular flexibility index (Phi) is 2.88. The summed E-state index contributed by atoms with van der Waals surface area (Å²) < 4.78 is 0. The van der Waals surface area contributed by atoms with Crippen LogP contribution in [-0.2, 0) is 13.6 Å². The van der Waals surface area contributed by atoms with Gasteiger partial charge >= 0.3 is 0 Å². The second-order valence-electron chi connectivity index (χ2n) is 3.56. The van der Waals surface area contributed by atoms with E-state index in [1.165, 1.54) is 17.6 Å². The van der Waals surface area contributed by atoms with Crippen LogP contribution in [0, 0.1) is 0 Å². The van der Waals surface area contributed by atoms with Gasteiger partial charge in [0.25, 0.3) is 0 Å². The molecule has 1 unspecified atom stereocenters. The van der Waals surface area contributed by atoms with Crippen LogP contribution in [0.3, 0.4) is 0 Å². The quantitative estimate of drug-likeness (QED) is 0.706. The number of nitrogens with one attached hydrogen (secondary N) is 1. The van der Waals surface area contributed by atoms with E-state index < -0.39 is 0 Å². The first-order valence-electron chi connectivity index (χ1n) is 4.96. The van der Waals surface area contributed by atoms with Crippen LogP contribution in [0.1, 0.15) is 25.1 Å². The number of aryl methyl sites for hydroxylation is 1. The summed E-state index contributed by atoms with van der Waals surface area (Å²) in [6, 6.07) is 0.573. The SMILES string of the molecule is Cn1nnc(CNC2CC=CCC2)n1. The highest BCUT2D eigenvalue weighted by Gasteiger charge is 2.09. The number of hydrogen-bond donors (Lipinski definition) is 1. The number of nitrogens with zero attached hydrogens (tertiary/aromatic N) is 4. The molecule has 0 saturated carbocycles. The predicted octanol–water partition coefficient (Wildman–Crippen LogP) is 0.408. The Morgan fingerprint density at radius 2 is 2.50 bits per heavy atom. The molecule has 1 aromatic heterocycles. The predicted molar refractivity (Wildman–Crippen MR) is 52.4 cm³/mol. The van der Waals surface area contributed by atoms with E-state index in [4.69, 9.17) is 0 Å². The summed E-state index contributed by atoms with van der Waals surface area (Å²) >= 11 is 0. The lowest BCUT2D eigenvalue weighted by Gasteiger charge is -2.17. The van der Waals surface area contributed by atoms with Crippen molar-refractivity contribution in [1.29, 1.82) is 0 Å². The number of rotatable bonds is 3. The Bertz CT molecular complexity index is 317. The molecule has 1 heterocycles. The molecular formula is C9H15N5. The number of hydrogen-bond acceptors (Lipinski definition) is 4. The normalized spacial score (nSPS) is 21.4. The third-order valence-electron chi connectivity index (χ3n) is 2.37. The largest absolute Gasteiger partial charge is 0.307 e. The van der Waals surface area contributed by atoms with E-state index in [1.54, 1.807) is 7.05 Å². The fourth-order valence-electron chi connectivity index (χ4n) is 1.61. The molecule has 5 heteroatoms. The standard InChI is InChI=1S/C9H15N5/c1-14-12-9(11-13-14)7-10-8-5-3-2-4-6-8/h2-3,8,10H,4-7H2,1H3. The molecule has 0 radical (unpaired) electrons. The van der Waals surface area contributed by atoms with Crippen molar-refractivity contribution in [1.82, 2.24) is 25.5 Å². The highest BCUT2D eigenvalue weighted by atomic mass is 15.6. The lowest BCUT2D eigenvalue weighted by atomic mass is 10.0. The van der Waals surface area contributed by atoms with Crippen LogP contribution in [0.15, 0.2) is 12.2 Å². The van der Waals surface area contributed by atoms with Gasteiger partial charge in [0.1, 0.15) is 0 Å². The van der Waals surface area contributed by atoms with Crippen molar-refractivity contribution in [2.75, 3.05) is 0 Å². The molecule has 2 rings (SSSR count). The molecule has 14 heavy (non-hydrogen) atoms. The van der Waals surface area contributed by atoms with E-state index >= 15 is 0 Å². The van der Waals surface area contributed by atoms with Gasteiger partial charge in [-0.1, -0.05) is 12.2 Å². The van der Waals surface area contributed by atoms with Crippen molar-refractivity contribution in [2.45, 2.75) is 31.8 Å². The molecule has 0 aliphatic heterocycles. The van der Waals surface area contributed by atoms with E-state index in [0.29, 0.717) is 12.6 Å². The van der Waals surface area contributed by atoms with Crippen LogP contribution in [0.5, 0.6) is 0 Å². The third-order valence-corrected chi connectivity index (χ3v) is 2.37. The molecule has 1 aromatic rings. The summed E-state index contributed by atoms with van der Waals surface area (Å²) in [4.78, 5) is 1.48. The first-order chi connectivity index (χ1) is 6.84. The van der Waals surface area contributed by atoms with E-state index in [0.717, 1.165) is 12.2 Å². The van der Waals surface area contributed by atoms with Crippen LogP contribution < -0.4 is 5.32 Å². The van der Waals surface area contributed by atoms with Gasteiger partial charge in [0.05, 0.1) is 13.6 Å². The van der Waals surface area contributed by atoms with Crippen LogP contribution in [0.2, 0.25) is 0 Å². The molecule has 1 N–H and O–H groups in total. The first-order valence-corrected chi connectivity index (χ1v) is 4.96. The zero-order chi connectivity index (χ0) is 9.80. The highest BCUT2D eigenvalue weighted by Crippen LogP contribution is 2.10. The Labute approximate surface area is 83.2 Å². The molecule has 0 amide bonds. The van der Waals surface area contributed by atoms with Gasteiger partial charge in [-0.25, -0.2) is 0 Å². The topological polar surface area (TPSA) is 55.6 Å². The van der Waals surface area contributed by atoms with Crippen molar-refractivity contribution in [3.63, 3.8) is 0 Å². The van der Waals surface area contributed by atoms with Gasteiger partial charge in [0, 0.05) is 6.04 Å². The molecule has 0 spiro atoms. The minimum absolute atomic E-state index is 0.573. The maximum atomic E-state index is 4.11. The third kappa shape index (κ3) is 2.38. The molecule has 1 aliphatic carbocycles. The van der Waals surface area contributed by atoms with Gasteiger partial charge in [0.15, 0.2) is 5.82 Å². The summed E-state index contributed by atoms with van der Waals surface area (Å²) in [7, 11) is 1.78. The Morgan fingerprint density at radius 1 is 1.57 bits per heavy atom. The molecule has 0 fully saturated rings. The van der Waals surface area contributed by atoms with Crippen molar-refractivity contribution < 1.29 is 0 Å². The summed E-state index contributed by atoms with van der Waals surface area (Å²) in [6.07, 6.45) is 7.95. The lowest BCUT2D eigenvalue weighted by molar-refractivity contribution is 0.466. The van der Waals surface area contributed by atoms with Gasteiger partial charge in [-0.05, 0) is 24.5 Å². The van der Waals surface area contributed by atoms with E-state index in [-0.39, 0.29) is 0 Å². The molecule has 1 aliphatic rings. The Hall–Kier alpha value is -1.23. The van der Waals surface area contributed by atoms with Crippen molar-refractivity contribution in [3.8, 4) is 0 Å². The minimum atomic E-state index is 0.573. The zero-order valence-electron chi connectivity index (χ0n) is 8.35. The molecule has 76 valence electrons. The van der Waals surface area contributed by atoms with Crippen molar-refractivity contribution in [3.05, 3.63) is 18.0 Å². The second kappa shape index (κ2) is 4.32. The maximum absolute atomic E-state index is 4.11. The summed E-state index contributed by atoms with van der Waals surface area (Å²) in [5, 5.41) is 15.2. The smallest absolute Gasteiger partial charge is 0.188 e. The van der Waals surface area contributed by atoms with Crippen LogP contribution in [0.4, 0.5) is 0 Å². The zero-order valence-corrected chi connectivity index (χ0v) is 8.35.